The summed E-state index contributed by atoms with van der Waals surface area (Å²) in [5.41, 5.74) is 1.03. The molecule has 62 valence electrons. The van der Waals surface area contributed by atoms with E-state index in [1.165, 1.54) is 0 Å². The summed E-state index contributed by atoms with van der Waals surface area (Å²) in [6, 6.07) is 3.41. The predicted octanol–water partition coefficient (Wildman–Crippen LogP) is 3.23. The number of hydrogen-bond donors (Lipinski definition) is 1. The Balaban J connectivity index is 2.89. The van der Waals surface area contributed by atoms with Gasteiger partial charge in [0.15, 0.2) is 10.6 Å². The highest BCUT2D eigenvalue weighted by molar-refractivity contribution is 9.10. The lowest BCUT2D eigenvalue weighted by atomic mass is 10.3. The van der Waals surface area contributed by atoms with Crippen LogP contribution in [0.15, 0.2) is 21.3 Å². The standard InChI is InChI=1S/C7H3Br2FN2/c8-3-1-2-4-6(5(3)10)12-7(9)11-4/h1-2H,(H,11,12). The van der Waals surface area contributed by atoms with Crippen molar-refractivity contribution in [3.8, 4) is 0 Å². The van der Waals surface area contributed by atoms with E-state index in [0.717, 1.165) is 0 Å². The van der Waals surface area contributed by atoms with Crippen molar-refractivity contribution in [1.29, 1.82) is 0 Å². The Morgan fingerprint density at radius 1 is 1.33 bits per heavy atom. The number of aromatic nitrogens is 2. The number of nitrogens with one attached hydrogen (secondary N) is 1. The topological polar surface area (TPSA) is 28.7 Å². The summed E-state index contributed by atoms with van der Waals surface area (Å²) >= 11 is 6.22. The van der Waals surface area contributed by atoms with E-state index in [0.29, 0.717) is 20.2 Å². The maximum atomic E-state index is 13.3. The predicted molar refractivity (Wildman–Crippen MR) is 51.5 cm³/mol. The van der Waals surface area contributed by atoms with Gasteiger partial charge in [-0.2, -0.15) is 0 Å². The zero-order chi connectivity index (χ0) is 8.72. The van der Waals surface area contributed by atoms with Gasteiger partial charge in [-0.15, -0.1) is 0 Å². The molecule has 1 N–H and O–H groups in total. The number of rotatable bonds is 0. The number of fused-ring (bicyclic) bond motifs is 1. The molecule has 2 aromatic rings. The van der Waals surface area contributed by atoms with Crippen LogP contribution in [0.5, 0.6) is 0 Å². The first-order valence-corrected chi connectivity index (χ1v) is 4.76. The van der Waals surface area contributed by atoms with Crippen LogP contribution in [0.25, 0.3) is 11.0 Å². The van der Waals surface area contributed by atoms with Gasteiger partial charge in [0.2, 0.25) is 0 Å². The van der Waals surface area contributed by atoms with Gasteiger partial charge in [-0.3, -0.25) is 0 Å². The summed E-state index contributed by atoms with van der Waals surface area (Å²) in [6.07, 6.45) is 0. The van der Waals surface area contributed by atoms with Crippen molar-refractivity contribution in [3.63, 3.8) is 0 Å². The van der Waals surface area contributed by atoms with Crippen molar-refractivity contribution >= 4 is 42.9 Å². The van der Waals surface area contributed by atoms with Crippen molar-refractivity contribution in [1.82, 2.24) is 9.97 Å². The van der Waals surface area contributed by atoms with Crippen molar-refractivity contribution in [2.45, 2.75) is 0 Å². The molecule has 0 spiro atoms. The third-order valence-corrected chi connectivity index (χ3v) is 2.50. The molecular weight excluding hydrogens is 291 g/mol. The summed E-state index contributed by atoms with van der Waals surface area (Å²) in [5, 5.41) is 0. The van der Waals surface area contributed by atoms with Crippen LogP contribution in [0.1, 0.15) is 0 Å². The lowest BCUT2D eigenvalue weighted by Crippen LogP contribution is -1.79. The molecule has 0 bridgehead atoms. The number of imidazole rings is 1. The fourth-order valence-corrected chi connectivity index (χ4v) is 1.70. The second kappa shape index (κ2) is 2.81. The third-order valence-electron chi connectivity index (χ3n) is 1.52. The van der Waals surface area contributed by atoms with E-state index in [1.54, 1.807) is 12.1 Å². The van der Waals surface area contributed by atoms with Crippen LogP contribution in [0, 0.1) is 5.82 Å². The smallest absolute Gasteiger partial charge is 0.175 e. The van der Waals surface area contributed by atoms with Crippen LogP contribution in [0.4, 0.5) is 4.39 Å². The Morgan fingerprint density at radius 3 is 2.83 bits per heavy atom. The van der Waals surface area contributed by atoms with Gasteiger partial charge in [-0.05, 0) is 44.0 Å². The highest BCUT2D eigenvalue weighted by atomic mass is 79.9. The van der Waals surface area contributed by atoms with Crippen molar-refractivity contribution in [2.24, 2.45) is 0 Å². The van der Waals surface area contributed by atoms with E-state index < -0.39 is 0 Å². The Labute approximate surface area is 84.4 Å². The summed E-state index contributed by atoms with van der Waals surface area (Å²) in [6.45, 7) is 0. The van der Waals surface area contributed by atoms with Crippen LogP contribution in [0.2, 0.25) is 0 Å². The molecule has 0 atom stereocenters. The van der Waals surface area contributed by atoms with Crippen molar-refractivity contribution < 1.29 is 4.39 Å². The number of H-pyrrole nitrogens is 1. The Hall–Kier alpha value is -0.420. The molecule has 0 saturated heterocycles. The first-order chi connectivity index (χ1) is 5.68. The highest BCUT2D eigenvalue weighted by Crippen LogP contribution is 2.24. The molecule has 1 aromatic carbocycles. The number of halogens is 3. The number of aromatic amines is 1. The quantitative estimate of drug-likeness (QED) is 0.794. The Bertz CT molecular complexity index is 438. The van der Waals surface area contributed by atoms with E-state index in [2.05, 4.69) is 41.8 Å². The van der Waals surface area contributed by atoms with Crippen LogP contribution in [0.3, 0.4) is 0 Å². The minimum atomic E-state index is -0.338. The normalized spacial score (nSPS) is 10.9. The third kappa shape index (κ3) is 1.17. The highest BCUT2D eigenvalue weighted by Gasteiger charge is 2.08. The van der Waals surface area contributed by atoms with Crippen LogP contribution >= 0.6 is 31.9 Å². The zero-order valence-corrected chi connectivity index (χ0v) is 8.91. The molecule has 0 radical (unpaired) electrons. The molecule has 5 heteroatoms. The van der Waals surface area contributed by atoms with Crippen molar-refractivity contribution in [3.05, 3.63) is 27.2 Å². The molecule has 0 saturated carbocycles. The van der Waals surface area contributed by atoms with E-state index >= 15 is 0 Å². The van der Waals surface area contributed by atoms with Gasteiger partial charge in [0.05, 0.1) is 9.99 Å². The molecule has 0 amide bonds. The molecule has 12 heavy (non-hydrogen) atoms. The van der Waals surface area contributed by atoms with E-state index in [1.807, 2.05) is 0 Å². The fourth-order valence-electron chi connectivity index (χ4n) is 0.987. The Kier molecular flexibility index (Phi) is 1.92. The molecule has 2 nitrogen and oxygen atoms in total. The molecule has 0 aliphatic rings. The maximum Gasteiger partial charge on any atom is 0.175 e. The second-order valence-electron chi connectivity index (χ2n) is 2.29. The van der Waals surface area contributed by atoms with Gasteiger partial charge in [0, 0.05) is 0 Å². The van der Waals surface area contributed by atoms with E-state index in [4.69, 9.17) is 0 Å². The molecule has 0 aliphatic heterocycles. The molecule has 1 heterocycles. The average Bonchev–Trinajstić information content (AvgIpc) is 2.39. The summed E-state index contributed by atoms with van der Waals surface area (Å²) in [7, 11) is 0. The molecule has 1 aromatic heterocycles. The van der Waals surface area contributed by atoms with Gasteiger partial charge >= 0.3 is 0 Å². The number of benzene rings is 1. The Morgan fingerprint density at radius 2 is 2.08 bits per heavy atom. The van der Waals surface area contributed by atoms with Gasteiger partial charge < -0.3 is 4.98 Å². The fraction of sp³-hybridized carbons (Fsp3) is 0. The minimum absolute atomic E-state index is 0.338. The molecule has 0 unspecified atom stereocenters. The van der Waals surface area contributed by atoms with Crippen LogP contribution in [-0.2, 0) is 0 Å². The largest absolute Gasteiger partial charge is 0.332 e. The summed E-state index contributed by atoms with van der Waals surface area (Å²) in [5.74, 6) is -0.338. The lowest BCUT2D eigenvalue weighted by Gasteiger charge is -1.92. The van der Waals surface area contributed by atoms with Gasteiger partial charge in [0.25, 0.3) is 0 Å². The molecular formula is C7H3Br2FN2. The SMILES string of the molecule is Fc1c(Br)ccc2[nH]c(Br)nc12. The molecule has 2 rings (SSSR count). The second-order valence-corrected chi connectivity index (χ2v) is 3.89. The van der Waals surface area contributed by atoms with E-state index in [-0.39, 0.29) is 5.82 Å². The average molecular weight is 294 g/mol. The summed E-state index contributed by atoms with van der Waals surface area (Å²) < 4.78 is 14.2. The van der Waals surface area contributed by atoms with E-state index in [9.17, 15) is 4.39 Å². The number of nitrogens with zero attached hydrogens (tertiary/aromatic N) is 1. The minimum Gasteiger partial charge on any atom is -0.332 e. The van der Waals surface area contributed by atoms with Gasteiger partial charge in [-0.25, -0.2) is 9.37 Å². The molecule has 0 fully saturated rings. The number of hydrogen-bond acceptors (Lipinski definition) is 1. The first-order valence-electron chi connectivity index (χ1n) is 3.17. The van der Waals surface area contributed by atoms with Crippen molar-refractivity contribution in [2.75, 3.05) is 0 Å². The van der Waals surface area contributed by atoms with Crippen LogP contribution < -0.4 is 0 Å². The summed E-state index contributed by atoms with van der Waals surface area (Å²) in [4.78, 5) is 6.80. The van der Waals surface area contributed by atoms with Crippen LogP contribution in [-0.4, -0.2) is 9.97 Å². The van der Waals surface area contributed by atoms with Gasteiger partial charge in [0.1, 0.15) is 5.52 Å². The first kappa shape index (κ1) is 8.19. The lowest BCUT2D eigenvalue weighted by molar-refractivity contribution is 0.630. The monoisotopic (exact) mass is 292 g/mol. The van der Waals surface area contributed by atoms with Gasteiger partial charge in [-0.1, -0.05) is 0 Å². The maximum absolute atomic E-state index is 13.3. The molecule has 0 aliphatic carbocycles. The zero-order valence-electron chi connectivity index (χ0n) is 5.74.